The summed E-state index contributed by atoms with van der Waals surface area (Å²) in [7, 11) is 0.527. The summed E-state index contributed by atoms with van der Waals surface area (Å²) in [5.74, 6) is 0.885. The average molecular weight is 220 g/mol. The maximum Gasteiger partial charge on any atom is 0.213 e. The normalized spacial score (nSPS) is 17.6. The lowest BCUT2D eigenvalue weighted by Crippen LogP contribution is -2.31. The second-order valence-electron chi connectivity index (χ2n) is 4.00. The molecule has 1 rings (SSSR count). The largest absolute Gasteiger partial charge is 0.320 e. The lowest BCUT2D eigenvalue weighted by atomic mass is 10.4. The number of nitrogens with one attached hydrogen (secondary N) is 1. The lowest BCUT2D eigenvalue weighted by Gasteiger charge is -2.16. The van der Waals surface area contributed by atoms with Gasteiger partial charge in [-0.2, -0.15) is 0 Å². The third kappa shape index (κ3) is 3.94. The maximum absolute atomic E-state index is 11.7. The fourth-order valence-electron chi connectivity index (χ4n) is 1.36. The summed E-state index contributed by atoms with van der Waals surface area (Å²) in [6.45, 7) is 1.47. The highest BCUT2D eigenvalue weighted by atomic mass is 32.2. The van der Waals surface area contributed by atoms with E-state index in [4.69, 9.17) is 0 Å². The molecule has 0 heterocycles. The van der Waals surface area contributed by atoms with Gasteiger partial charge in [0, 0.05) is 13.6 Å². The van der Waals surface area contributed by atoms with E-state index in [2.05, 4.69) is 5.32 Å². The van der Waals surface area contributed by atoms with Crippen LogP contribution in [0.1, 0.15) is 19.3 Å². The molecule has 14 heavy (non-hydrogen) atoms. The molecule has 5 heteroatoms. The smallest absolute Gasteiger partial charge is 0.213 e. The van der Waals surface area contributed by atoms with E-state index < -0.39 is 10.0 Å². The second-order valence-corrected chi connectivity index (χ2v) is 6.19. The van der Waals surface area contributed by atoms with Crippen molar-refractivity contribution in [2.24, 2.45) is 5.92 Å². The third-order valence-electron chi connectivity index (χ3n) is 2.52. The highest BCUT2D eigenvalue weighted by molar-refractivity contribution is 7.89. The Balaban J connectivity index is 2.30. The van der Waals surface area contributed by atoms with E-state index in [-0.39, 0.29) is 5.75 Å². The predicted molar refractivity (Wildman–Crippen MR) is 57.7 cm³/mol. The van der Waals surface area contributed by atoms with Crippen LogP contribution in [0.25, 0.3) is 0 Å². The minimum atomic E-state index is -2.99. The van der Waals surface area contributed by atoms with E-state index in [0.29, 0.717) is 18.9 Å². The molecule has 0 unspecified atom stereocenters. The highest BCUT2D eigenvalue weighted by Crippen LogP contribution is 2.29. The van der Waals surface area contributed by atoms with Crippen molar-refractivity contribution in [1.82, 2.24) is 9.62 Å². The monoisotopic (exact) mass is 220 g/mol. The molecule has 4 nitrogen and oxygen atoms in total. The van der Waals surface area contributed by atoms with Crippen LogP contribution in [0.4, 0.5) is 0 Å². The Labute approximate surface area is 86.7 Å². The van der Waals surface area contributed by atoms with Gasteiger partial charge in [0.2, 0.25) is 10.0 Å². The Morgan fingerprint density at radius 3 is 2.57 bits per heavy atom. The Hall–Kier alpha value is -0.130. The zero-order valence-corrected chi connectivity index (χ0v) is 9.81. The Morgan fingerprint density at radius 2 is 2.07 bits per heavy atom. The zero-order chi connectivity index (χ0) is 10.6. The highest BCUT2D eigenvalue weighted by Gasteiger charge is 2.27. The molecule has 0 spiro atoms. The van der Waals surface area contributed by atoms with Gasteiger partial charge in [-0.1, -0.05) is 0 Å². The van der Waals surface area contributed by atoms with Gasteiger partial charge in [-0.05, 0) is 38.8 Å². The maximum atomic E-state index is 11.7. The summed E-state index contributed by atoms with van der Waals surface area (Å²) >= 11 is 0. The minimum Gasteiger partial charge on any atom is -0.320 e. The van der Waals surface area contributed by atoms with Gasteiger partial charge >= 0.3 is 0 Å². The fraction of sp³-hybridized carbons (Fsp3) is 1.00. The van der Waals surface area contributed by atoms with Crippen molar-refractivity contribution in [3.05, 3.63) is 0 Å². The van der Waals surface area contributed by atoms with Crippen LogP contribution in [0.5, 0.6) is 0 Å². The molecule has 0 aromatic heterocycles. The SMILES string of the molecule is CNCCCS(=O)(=O)N(C)CC1CC1. The van der Waals surface area contributed by atoms with E-state index in [0.717, 1.165) is 6.54 Å². The zero-order valence-electron chi connectivity index (χ0n) is 8.99. The summed E-state index contributed by atoms with van der Waals surface area (Å²) in [4.78, 5) is 0. The van der Waals surface area contributed by atoms with Gasteiger partial charge in [-0.25, -0.2) is 12.7 Å². The van der Waals surface area contributed by atoms with Crippen LogP contribution in [0.3, 0.4) is 0 Å². The van der Waals surface area contributed by atoms with Gasteiger partial charge < -0.3 is 5.32 Å². The fourth-order valence-corrected chi connectivity index (χ4v) is 2.62. The van der Waals surface area contributed by atoms with Crippen molar-refractivity contribution in [2.75, 3.05) is 32.9 Å². The van der Waals surface area contributed by atoms with Gasteiger partial charge in [-0.3, -0.25) is 0 Å². The van der Waals surface area contributed by atoms with Crippen LogP contribution in [0.15, 0.2) is 0 Å². The molecule has 0 amide bonds. The molecule has 0 bridgehead atoms. The van der Waals surface area contributed by atoms with E-state index in [1.165, 1.54) is 17.1 Å². The van der Waals surface area contributed by atoms with E-state index in [1.54, 1.807) is 7.05 Å². The minimum absolute atomic E-state index is 0.261. The number of sulfonamides is 1. The predicted octanol–water partition coefficient (Wildman–Crippen LogP) is 0.268. The van der Waals surface area contributed by atoms with Crippen molar-refractivity contribution < 1.29 is 8.42 Å². The van der Waals surface area contributed by atoms with Crippen molar-refractivity contribution in [1.29, 1.82) is 0 Å². The van der Waals surface area contributed by atoms with E-state index in [9.17, 15) is 8.42 Å². The second kappa shape index (κ2) is 5.09. The lowest BCUT2D eigenvalue weighted by molar-refractivity contribution is 0.451. The number of rotatable bonds is 7. The molecular weight excluding hydrogens is 200 g/mol. The van der Waals surface area contributed by atoms with Gasteiger partial charge in [0.05, 0.1) is 5.75 Å². The van der Waals surface area contributed by atoms with Crippen molar-refractivity contribution in [3.63, 3.8) is 0 Å². The quantitative estimate of drug-likeness (QED) is 0.626. The topological polar surface area (TPSA) is 49.4 Å². The molecule has 0 aliphatic heterocycles. The molecule has 0 radical (unpaired) electrons. The summed E-state index contributed by atoms with van der Waals surface area (Å²) in [6.07, 6.45) is 3.07. The first kappa shape index (κ1) is 11.9. The average Bonchev–Trinajstić information content (AvgIpc) is 2.88. The van der Waals surface area contributed by atoms with Gasteiger partial charge in [0.1, 0.15) is 0 Å². The molecule has 1 N–H and O–H groups in total. The Morgan fingerprint density at radius 1 is 1.43 bits per heavy atom. The van der Waals surface area contributed by atoms with Crippen LogP contribution in [0, 0.1) is 5.92 Å². The number of hydrogen-bond donors (Lipinski definition) is 1. The molecule has 0 atom stereocenters. The molecule has 1 aliphatic rings. The first-order valence-electron chi connectivity index (χ1n) is 5.15. The summed E-state index contributed by atoms with van der Waals surface area (Å²) in [5, 5.41) is 2.95. The Bertz CT molecular complexity index is 260. The van der Waals surface area contributed by atoms with Crippen LogP contribution < -0.4 is 5.32 Å². The molecule has 0 saturated heterocycles. The standard InChI is InChI=1S/C9H20N2O2S/c1-10-6-3-7-14(12,13)11(2)8-9-4-5-9/h9-10H,3-8H2,1-2H3. The van der Waals surface area contributed by atoms with Crippen molar-refractivity contribution in [3.8, 4) is 0 Å². The van der Waals surface area contributed by atoms with Crippen LogP contribution >= 0.6 is 0 Å². The summed E-state index contributed by atoms with van der Waals surface area (Å²) < 4.78 is 24.8. The van der Waals surface area contributed by atoms with Crippen molar-refractivity contribution >= 4 is 10.0 Å². The molecule has 84 valence electrons. The van der Waals surface area contributed by atoms with Crippen LogP contribution in [-0.2, 0) is 10.0 Å². The summed E-state index contributed by atoms with van der Waals surface area (Å²) in [6, 6.07) is 0. The molecule has 0 aromatic rings. The van der Waals surface area contributed by atoms with Crippen LogP contribution in [0.2, 0.25) is 0 Å². The molecule has 1 aliphatic carbocycles. The first-order chi connectivity index (χ1) is 6.56. The molecular formula is C9H20N2O2S. The van der Waals surface area contributed by atoms with Gasteiger partial charge in [-0.15, -0.1) is 0 Å². The number of nitrogens with zero attached hydrogens (tertiary/aromatic N) is 1. The Kier molecular flexibility index (Phi) is 4.34. The summed E-state index contributed by atoms with van der Waals surface area (Å²) in [5.41, 5.74) is 0. The molecule has 1 saturated carbocycles. The molecule has 0 aromatic carbocycles. The van der Waals surface area contributed by atoms with E-state index >= 15 is 0 Å². The van der Waals surface area contributed by atoms with E-state index in [1.807, 2.05) is 7.05 Å². The third-order valence-corrected chi connectivity index (χ3v) is 4.42. The van der Waals surface area contributed by atoms with Gasteiger partial charge in [0.25, 0.3) is 0 Å². The number of hydrogen-bond acceptors (Lipinski definition) is 3. The first-order valence-corrected chi connectivity index (χ1v) is 6.76. The van der Waals surface area contributed by atoms with Crippen molar-refractivity contribution in [2.45, 2.75) is 19.3 Å². The molecule has 1 fully saturated rings. The van der Waals surface area contributed by atoms with Crippen LogP contribution in [-0.4, -0.2) is 45.7 Å². The van der Waals surface area contributed by atoms with Gasteiger partial charge in [0.15, 0.2) is 0 Å².